The predicted octanol–water partition coefficient (Wildman–Crippen LogP) is 3.92. The van der Waals surface area contributed by atoms with Crippen LogP contribution >= 0.6 is 0 Å². The first-order chi connectivity index (χ1) is 13.9. The van der Waals surface area contributed by atoms with Crippen molar-refractivity contribution in [3.05, 3.63) is 24.3 Å². The molecule has 0 aliphatic carbocycles. The minimum absolute atomic E-state index is 0.333. The van der Waals surface area contributed by atoms with E-state index >= 15 is 0 Å². The maximum absolute atomic E-state index is 9.55. The molecule has 0 aliphatic rings. The van der Waals surface area contributed by atoms with Gasteiger partial charge >= 0.3 is 23.9 Å². The van der Waals surface area contributed by atoms with Crippen LogP contribution in [0.1, 0.15) is 79.1 Å². The van der Waals surface area contributed by atoms with Gasteiger partial charge in [0.25, 0.3) is 0 Å². The Morgan fingerprint density at radius 2 is 0.767 bits per heavy atom. The molecule has 0 saturated carbocycles. The number of carbonyl (C=O) groups is 4. The summed E-state index contributed by atoms with van der Waals surface area (Å²) in [4.78, 5) is 38.2. The van der Waals surface area contributed by atoms with Crippen LogP contribution in [0.3, 0.4) is 0 Å². The van der Waals surface area contributed by atoms with E-state index in [0.29, 0.717) is 30.3 Å². The third kappa shape index (κ3) is 73.0. The highest BCUT2D eigenvalue weighted by Gasteiger charge is 1.89. The molecule has 0 atom stereocenters. The largest absolute Gasteiger partial charge is 0.478 e. The Labute approximate surface area is 179 Å². The van der Waals surface area contributed by atoms with Gasteiger partial charge in [0.2, 0.25) is 0 Å². The van der Waals surface area contributed by atoms with Gasteiger partial charge < -0.3 is 26.2 Å². The maximum Gasteiger partial charge on any atom is 0.328 e. The summed E-state index contributed by atoms with van der Waals surface area (Å²) >= 11 is 0. The molecule has 9 heteroatoms. The monoisotopic (exact) mass is 433 g/mol. The molecule has 9 nitrogen and oxygen atoms in total. The molecule has 0 fully saturated rings. The van der Waals surface area contributed by atoms with Crippen molar-refractivity contribution in [3.63, 3.8) is 0 Å². The standard InChI is InChI=1S/C10H22.2C4H4O4.C3H9N/c1-3-5-7-9-10-8-6-4-2;2*5-3(6)1-2-4(7)8;1-3(2)4/h3-10H2,1-2H3;2*1-2H,(H,5,6)(H,7,8);3H,4H2,1-2H3/b;2*2-1-;. The number of hydrogen-bond acceptors (Lipinski definition) is 5. The van der Waals surface area contributed by atoms with Crippen molar-refractivity contribution in [1.82, 2.24) is 0 Å². The van der Waals surface area contributed by atoms with Gasteiger partial charge in [-0.05, 0) is 6.04 Å². The highest BCUT2D eigenvalue weighted by molar-refractivity contribution is 5.90. The molecular formula is C21H39NO8. The van der Waals surface area contributed by atoms with Crippen molar-refractivity contribution >= 4 is 23.9 Å². The second-order valence-corrected chi connectivity index (χ2v) is 6.38. The van der Waals surface area contributed by atoms with Crippen LogP contribution in [0.2, 0.25) is 0 Å². The lowest BCUT2D eigenvalue weighted by Gasteiger charge is -1.97. The molecule has 0 aromatic carbocycles. The molecule has 0 saturated heterocycles. The lowest BCUT2D eigenvalue weighted by atomic mass is 10.1. The van der Waals surface area contributed by atoms with Gasteiger partial charge in [0.1, 0.15) is 0 Å². The van der Waals surface area contributed by atoms with E-state index in [9.17, 15) is 19.2 Å². The molecule has 176 valence electrons. The Morgan fingerprint density at radius 3 is 0.900 bits per heavy atom. The Balaban J connectivity index is -0.000000156. The molecule has 0 rings (SSSR count). The summed E-state index contributed by atoms with van der Waals surface area (Å²) in [6.45, 7) is 8.43. The second-order valence-electron chi connectivity index (χ2n) is 6.38. The molecule has 0 aromatic heterocycles. The first kappa shape index (κ1) is 34.8. The molecule has 0 aromatic rings. The minimum Gasteiger partial charge on any atom is -0.478 e. The number of aliphatic carboxylic acids is 4. The van der Waals surface area contributed by atoms with E-state index in [4.69, 9.17) is 26.2 Å². The lowest BCUT2D eigenvalue weighted by molar-refractivity contribution is -0.134. The average molecular weight is 434 g/mol. The molecule has 0 heterocycles. The highest BCUT2D eigenvalue weighted by atomic mass is 16.4. The van der Waals surface area contributed by atoms with Crippen molar-refractivity contribution < 1.29 is 39.6 Å². The first-order valence-electron chi connectivity index (χ1n) is 9.93. The zero-order valence-corrected chi connectivity index (χ0v) is 18.5. The van der Waals surface area contributed by atoms with E-state index in [0.717, 1.165) is 0 Å². The normalized spacial score (nSPS) is 9.67. The summed E-state index contributed by atoms with van der Waals surface area (Å²) in [6, 6.07) is 0.333. The topological polar surface area (TPSA) is 175 Å². The van der Waals surface area contributed by atoms with Crippen molar-refractivity contribution in [2.45, 2.75) is 85.1 Å². The molecule has 30 heavy (non-hydrogen) atoms. The zero-order valence-electron chi connectivity index (χ0n) is 18.5. The molecule has 0 radical (unpaired) electrons. The van der Waals surface area contributed by atoms with Gasteiger partial charge in [0.15, 0.2) is 0 Å². The van der Waals surface area contributed by atoms with Crippen molar-refractivity contribution in [1.29, 1.82) is 0 Å². The van der Waals surface area contributed by atoms with Gasteiger partial charge in [-0.1, -0.05) is 79.1 Å². The third-order valence-corrected chi connectivity index (χ3v) is 2.69. The van der Waals surface area contributed by atoms with Gasteiger partial charge in [-0.25, -0.2) is 19.2 Å². The number of nitrogens with two attached hydrogens (primary N) is 1. The second kappa shape index (κ2) is 28.5. The highest BCUT2D eigenvalue weighted by Crippen LogP contribution is 2.07. The summed E-state index contributed by atoms with van der Waals surface area (Å²) in [5, 5.41) is 31.2. The van der Waals surface area contributed by atoms with E-state index in [-0.39, 0.29) is 0 Å². The van der Waals surface area contributed by atoms with Gasteiger partial charge in [0.05, 0.1) is 0 Å². The van der Waals surface area contributed by atoms with E-state index in [2.05, 4.69) is 13.8 Å². The lowest BCUT2D eigenvalue weighted by Crippen LogP contribution is -2.06. The first-order valence-corrected chi connectivity index (χ1v) is 9.93. The quantitative estimate of drug-likeness (QED) is 0.239. The Kier molecular flexibility index (Phi) is 33.1. The van der Waals surface area contributed by atoms with Crippen molar-refractivity contribution in [2.24, 2.45) is 5.73 Å². The summed E-state index contributed by atoms with van der Waals surface area (Å²) in [5.41, 5.74) is 5.11. The van der Waals surface area contributed by atoms with Crippen LogP contribution < -0.4 is 5.73 Å². The van der Waals surface area contributed by atoms with Crippen LogP contribution in [0, 0.1) is 0 Å². The number of carboxylic acids is 4. The number of hydrogen-bond donors (Lipinski definition) is 5. The smallest absolute Gasteiger partial charge is 0.328 e. The van der Waals surface area contributed by atoms with E-state index < -0.39 is 23.9 Å². The van der Waals surface area contributed by atoms with Gasteiger partial charge in [-0.2, -0.15) is 0 Å². The van der Waals surface area contributed by atoms with E-state index in [1.54, 1.807) is 0 Å². The molecule has 0 amide bonds. The Bertz CT molecular complexity index is 422. The number of carboxylic acid groups (broad SMARTS) is 4. The fraction of sp³-hybridized carbons (Fsp3) is 0.619. The summed E-state index contributed by atoms with van der Waals surface area (Å²) in [7, 11) is 0. The third-order valence-electron chi connectivity index (χ3n) is 2.69. The number of unbranched alkanes of at least 4 members (excludes halogenated alkanes) is 7. The van der Waals surface area contributed by atoms with Crippen molar-refractivity contribution in [2.75, 3.05) is 0 Å². The maximum atomic E-state index is 9.55. The van der Waals surface area contributed by atoms with E-state index in [1.165, 1.54) is 51.4 Å². The van der Waals surface area contributed by atoms with Gasteiger partial charge in [0, 0.05) is 24.3 Å². The Morgan fingerprint density at radius 1 is 0.600 bits per heavy atom. The van der Waals surface area contributed by atoms with Crippen LogP contribution in [0.15, 0.2) is 24.3 Å². The fourth-order valence-corrected chi connectivity index (χ4v) is 1.49. The molecule has 0 bridgehead atoms. The number of rotatable bonds is 11. The summed E-state index contributed by atoms with van der Waals surface area (Å²) in [6.07, 6.45) is 13.7. The van der Waals surface area contributed by atoms with E-state index in [1.807, 2.05) is 13.8 Å². The fourth-order valence-electron chi connectivity index (χ4n) is 1.49. The summed E-state index contributed by atoms with van der Waals surface area (Å²) in [5.74, 6) is -5.03. The van der Waals surface area contributed by atoms with Gasteiger partial charge in [-0.3, -0.25) is 0 Å². The Hall–Kier alpha value is -2.68. The molecule has 0 aliphatic heterocycles. The average Bonchev–Trinajstić information content (AvgIpc) is 2.62. The van der Waals surface area contributed by atoms with Crippen LogP contribution in [0.5, 0.6) is 0 Å². The molecule has 0 spiro atoms. The molecular weight excluding hydrogens is 394 g/mol. The van der Waals surface area contributed by atoms with Crippen LogP contribution in [0.4, 0.5) is 0 Å². The van der Waals surface area contributed by atoms with Crippen LogP contribution in [-0.4, -0.2) is 50.3 Å². The van der Waals surface area contributed by atoms with Crippen LogP contribution in [-0.2, 0) is 19.2 Å². The molecule has 0 unspecified atom stereocenters. The van der Waals surface area contributed by atoms with Crippen molar-refractivity contribution in [3.8, 4) is 0 Å². The SMILES string of the molecule is CC(C)N.CCCCCCCCCC.O=C(O)/C=C\C(=O)O.O=C(O)/C=C\C(=O)O. The summed E-state index contributed by atoms with van der Waals surface area (Å²) < 4.78 is 0. The van der Waals surface area contributed by atoms with Crippen LogP contribution in [0.25, 0.3) is 0 Å². The van der Waals surface area contributed by atoms with Gasteiger partial charge in [-0.15, -0.1) is 0 Å². The predicted molar refractivity (Wildman–Crippen MR) is 116 cm³/mol. The zero-order chi connectivity index (χ0) is 24.4. The minimum atomic E-state index is -1.26. The molecule has 6 N–H and O–H groups in total.